The van der Waals surface area contributed by atoms with Crippen molar-refractivity contribution in [3.8, 4) is 6.07 Å². The lowest BCUT2D eigenvalue weighted by atomic mass is 9.97. The molecular weight excluding hydrogens is 474 g/mol. The van der Waals surface area contributed by atoms with Crippen molar-refractivity contribution in [2.24, 2.45) is 5.92 Å². The third-order valence-corrected chi connectivity index (χ3v) is 7.69. The number of nitriles is 1. The predicted octanol–water partition coefficient (Wildman–Crippen LogP) is 4.50. The van der Waals surface area contributed by atoms with Gasteiger partial charge in [0, 0.05) is 23.6 Å². The zero-order chi connectivity index (χ0) is 24.4. The van der Waals surface area contributed by atoms with E-state index in [0.717, 1.165) is 47.5 Å². The number of fused-ring (bicyclic) bond motifs is 3. The average Bonchev–Trinajstić information content (AvgIpc) is 3.18. The molecule has 0 aliphatic heterocycles. The van der Waals surface area contributed by atoms with E-state index >= 15 is 0 Å². The third-order valence-electron chi connectivity index (χ3n) is 5.53. The van der Waals surface area contributed by atoms with E-state index < -0.39 is 10.8 Å². The lowest BCUT2D eigenvalue weighted by Crippen LogP contribution is -2.26. The van der Waals surface area contributed by atoms with Crippen LogP contribution in [-0.2, 0) is 24.2 Å². The number of amides is 1. The van der Waals surface area contributed by atoms with E-state index in [-0.39, 0.29) is 34.2 Å². The van der Waals surface area contributed by atoms with E-state index in [2.05, 4.69) is 5.32 Å². The van der Waals surface area contributed by atoms with Crippen LogP contribution >= 0.6 is 23.1 Å². The number of nitro groups is 1. The highest BCUT2D eigenvalue weighted by molar-refractivity contribution is 7.99. The summed E-state index contributed by atoms with van der Waals surface area (Å²) in [5.74, 6) is -0.202. The summed E-state index contributed by atoms with van der Waals surface area (Å²) in [5.41, 5.74) is 1.07. The van der Waals surface area contributed by atoms with E-state index in [4.69, 9.17) is 4.98 Å². The van der Waals surface area contributed by atoms with Gasteiger partial charge in [-0.05, 0) is 43.2 Å². The zero-order valence-electron chi connectivity index (χ0n) is 18.8. The fourth-order valence-electron chi connectivity index (χ4n) is 4.02. The Morgan fingerprint density at radius 1 is 1.38 bits per heavy atom. The molecular formula is C23H23N5O4S2. The molecule has 0 spiro atoms. The molecule has 1 amide bonds. The monoisotopic (exact) mass is 497 g/mol. The smallest absolute Gasteiger partial charge is 0.270 e. The molecule has 0 unspecified atom stereocenters. The SMILES string of the molecule is CC(C)Cn1c(SCC(=O)Nc2ccc([N+](=O)[O-])cc2C#N)nc2sc3c(c2c1=O)CCCC3. The molecule has 0 atom stereocenters. The van der Waals surface area contributed by atoms with Gasteiger partial charge in [0.25, 0.3) is 11.2 Å². The molecule has 9 nitrogen and oxygen atoms in total. The van der Waals surface area contributed by atoms with Crippen molar-refractivity contribution in [1.29, 1.82) is 5.26 Å². The van der Waals surface area contributed by atoms with Gasteiger partial charge in [-0.3, -0.25) is 24.3 Å². The second-order valence-electron chi connectivity index (χ2n) is 8.53. The van der Waals surface area contributed by atoms with Crippen LogP contribution in [0, 0.1) is 27.4 Å². The van der Waals surface area contributed by atoms with Crippen LogP contribution < -0.4 is 10.9 Å². The standard InChI is InChI=1S/C23H23N5O4S2/c1-13(2)11-27-22(30)20-16-5-3-4-6-18(16)34-21(20)26-23(27)33-12-19(29)25-17-8-7-15(28(31)32)9-14(17)10-24/h7-9,13H,3-6,11-12H2,1-2H3,(H,25,29). The number of nitrogens with zero attached hydrogens (tertiary/aromatic N) is 4. The highest BCUT2D eigenvalue weighted by Crippen LogP contribution is 2.35. The highest BCUT2D eigenvalue weighted by atomic mass is 32.2. The minimum absolute atomic E-state index is 0.00739. The fourth-order valence-corrected chi connectivity index (χ4v) is 6.13. The number of hydrogen-bond acceptors (Lipinski definition) is 8. The molecule has 11 heteroatoms. The van der Waals surface area contributed by atoms with Crippen molar-refractivity contribution < 1.29 is 9.72 Å². The fraction of sp³-hybridized carbons (Fsp3) is 0.391. The van der Waals surface area contributed by atoms with Gasteiger partial charge >= 0.3 is 0 Å². The lowest BCUT2D eigenvalue weighted by molar-refractivity contribution is -0.384. The van der Waals surface area contributed by atoms with Crippen LogP contribution in [-0.4, -0.2) is 26.1 Å². The molecule has 0 radical (unpaired) electrons. The molecule has 4 rings (SSSR count). The van der Waals surface area contributed by atoms with Crippen molar-refractivity contribution in [2.45, 2.75) is 51.2 Å². The van der Waals surface area contributed by atoms with E-state index in [1.54, 1.807) is 15.9 Å². The summed E-state index contributed by atoms with van der Waals surface area (Å²) in [7, 11) is 0. The number of rotatable bonds is 7. The molecule has 1 aromatic carbocycles. The molecule has 1 aliphatic carbocycles. The Bertz CT molecular complexity index is 1390. The van der Waals surface area contributed by atoms with Crippen LogP contribution in [0.5, 0.6) is 0 Å². The van der Waals surface area contributed by atoms with Crippen LogP contribution in [0.2, 0.25) is 0 Å². The first-order chi connectivity index (χ1) is 16.3. The number of carbonyl (C=O) groups is 1. The van der Waals surface area contributed by atoms with Gasteiger partial charge in [0.05, 0.1) is 27.3 Å². The second-order valence-corrected chi connectivity index (χ2v) is 10.6. The van der Waals surface area contributed by atoms with Gasteiger partial charge in [0.15, 0.2) is 5.16 Å². The van der Waals surface area contributed by atoms with Gasteiger partial charge in [0.1, 0.15) is 10.9 Å². The van der Waals surface area contributed by atoms with Crippen LogP contribution in [0.25, 0.3) is 10.2 Å². The van der Waals surface area contributed by atoms with Crippen molar-refractivity contribution in [2.75, 3.05) is 11.1 Å². The van der Waals surface area contributed by atoms with Crippen molar-refractivity contribution in [3.63, 3.8) is 0 Å². The number of hydrogen-bond donors (Lipinski definition) is 1. The molecule has 2 heterocycles. The molecule has 0 bridgehead atoms. The van der Waals surface area contributed by atoms with Crippen molar-refractivity contribution in [3.05, 3.63) is 54.7 Å². The molecule has 3 aromatic rings. The number of non-ortho nitro benzene ring substituents is 1. The molecule has 2 aromatic heterocycles. The molecule has 1 N–H and O–H groups in total. The maximum atomic E-state index is 13.4. The van der Waals surface area contributed by atoms with Gasteiger partial charge in [-0.25, -0.2) is 4.98 Å². The number of thioether (sulfide) groups is 1. The van der Waals surface area contributed by atoms with Gasteiger partial charge in [0.2, 0.25) is 5.91 Å². The first kappa shape index (κ1) is 23.9. The summed E-state index contributed by atoms with van der Waals surface area (Å²) in [6.45, 7) is 4.55. The van der Waals surface area contributed by atoms with E-state index in [9.17, 15) is 25.0 Å². The Morgan fingerprint density at radius 2 is 2.15 bits per heavy atom. The van der Waals surface area contributed by atoms with Crippen LogP contribution in [0.3, 0.4) is 0 Å². The van der Waals surface area contributed by atoms with E-state index in [0.29, 0.717) is 11.7 Å². The molecule has 1 aliphatic rings. The summed E-state index contributed by atoms with van der Waals surface area (Å²) in [4.78, 5) is 43.1. The summed E-state index contributed by atoms with van der Waals surface area (Å²) in [5, 5.41) is 24.1. The average molecular weight is 498 g/mol. The topological polar surface area (TPSA) is 131 Å². The minimum Gasteiger partial charge on any atom is -0.324 e. The normalized spacial score (nSPS) is 13.0. The molecule has 0 fully saturated rings. The summed E-state index contributed by atoms with van der Waals surface area (Å²) >= 11 is 2.74. The largest absolute Gasteiger partial charge is 0.324 e. The number of nitro benzene ring substituents is 1. The molecule has 0 saturated carbocycles. The van der Waals surface area contributed by atoms with Gasteiger partial charge in [-0.1, -0.05) is 25.6 Å². The van der Waals surface area contributed by atoms with Gasteiger partial charge in [-0.2, -0.15) is 5.26 Å². The Kier molecular flexibility index (Phi) is 7.00. The number of carbonyl (C=O) groups excluding carboxylic acids is 1. The summed E-state index contributed by atoms with van der Waals surface area (Å²) < 4.78 is 1.67. The quantitative estimate of drug-likeness (QED) is 0.220. The Balaban J connectivity index is 1.59. The number of nitrogens with one attached hydrogen (secondary N) is 1. The predicted molar refractivity (Wildman–Crippen MR) is 133 cm³/mol. The number of benzene rings is 1. The first-order valence-corrected chi connectivity index (χ1v) is 12.7. The third kappa shape index (κ3) is 4.83. The number of aryl methyl sites for hydroxylation is 2. The van der Waals surface area contributed by atoms with E-state index in [1.807, 2.05) is 19.9 Å². The van der Waals surface area contributed by atoms with E-state index in [1.165, 1.54) is 28.8 Å². The Morgan fingerprint density at radius 3 is 2.85 bits per heavy atom. The molecule has 0 saturated heterocycles. The maximum Gasteiger partial charge on any atom is 0.270 e. The number of aromatic nitrogens is 2. The maximum absolute atomic E-state index is 13.4. The second kappa shape index (κ2) is 9.95. The molecule has 176 valence electrons. The Labute approximate surface area is 204 Å². The highest BCUT2D eigenvalue weighted by Gasteiger charge is 2.23. The molecule has 34 heavy (non-hydrogen) atoms. The van der Waals surface area contributed by atoms with Gasteiger partial charge in [-0.15, -0.1) is 11.3 Å². The number of thiophene rings is 1. The van der Waals surface area contributed by atoms with Crippen LogP contribution in [0.15, 0.2) is 28.2 Å². The first-order valence-electron chi connectivity index (χ1n) is 10.9. The van der Waals surface area contributed by atoms with Gasteiger partial charge < -0.3 is 5.32 Å². The summed E-state index contributed by atoms with van der Waals surface area (Å²) in [6, 6.07) is 5.57. The van der Waals surface area contributed by atoms with Crippen LogP contribution in [0.1, 0.15) is 42.7 Å². The van der Waals surface area contributed by atoms with Crippen molar-refractivity contribution in [1.82, 2.24) is 9.55 Å². The minimum atomic E-state index is -0.597. The lowest BCUT2D eigenvalue weighted by Gasteiger charge is -2.15. The van der Waals surface area contributed by atoms with Crippen LogP contribution in [0.4, 0.5) is 11.4 Å². The zero-order valence-corrected chi connectivity index (χ0v) is 20.4. The van der Waals surface area contributed by atoms with Crippen molar-refractivity contribution >= 4 is 50.6 Å². The summed E-state index contributed by atoms with van der Waals surface area (Å²) in [6.07, 6.45) is 4.07. The number of anilines is 1. The Hall–Kier alpha value is -3.23.